The van der Waals surface area contributed by atoms with Gasteiger partial charge in [0.25, 0.3) is 5.91 Å². The number of halogens is 2. The minimum atomic E-state index is -0.279. The topological polar surface area (TPSA) is 44.7 Å². The molecular weight excluding hydrogens is 285 g/mol. The molecule has 0 aromatic heterocycles. The third-order valence-electron chi connectivity index (χ3n) is 3.70. The van der Waals surface area contributed by atoms with Crippen LogP contribution in [0.15, 0.2) is 39.6 Å². The first-order valence-electron chi connectivity index (χ1n) is 5.97. The number of carbonyl (C=O) groups excluding carboxylic acids is 1. The Kier molecular flexibility index (Phi) is 2.76. The van der Waals surface area contributed by atoms with Gasteiger partial charge in [-0.25, -0.2) is 4.99 Å². The first-order valence-corrected chi connectivity index (χ1v) is 6.73. The summed E-state index contributed by atoms with van der Waals surface area (Å²) in [6.45, 7) is 1.82. The largest absolute Gasteiger partial charge is 0.353 e. The zero-order valence-corrected chi connectivity index (χ0v) is 12.1. The lowest BCUT2D eigenvalue weighted by Gasteiger charge is -2.25. The molecule has 1 saturated carbocycles. The predicted octanol–water partition coefficient (Wildman–Crippen LogP) is 2.33. The summed E-state index contributed by atoms with van der Waals surface area (Å²) in [6, 6.07) is 0. The first-order chi connectivity index (χ1) is 8.92. The van der Waals surface area contributed by atoms with Gasteiger partial charge in [0.2, 0.25) is 0 Å². The Morgan fingerprint density at radius 1 is 1.53 bits per heavy atom. The Balaban J connectivity index is 2.00. The van der Waals surface area contributed by atoms with Crippen molar-refractivity contribution >= 4 is 34.3 Å². The molecule has 0 aromatic carbocycles. The highest BCUT2D eigenvalue weighted by molar-refractivity contribution is 6.69. The van der Waals surface area contributed by atoms with Gasteiger partial charge < -0.3 is 10.2 Å². The number of likely N-dealkylation sites (N-methyl/N-ethyl adjacent to an activating group) is 1. The lowest BCUT2D eigenvalue weighted by molar-refractivity contribution is -0.123. The molecule has 1 fully saturated rings. The van der Waals surface area contributed by atoms with Crippen LogP contribution in [0.1, 0.15) is 13.3 Å². The van der Waals surface area contributed by atoms with Gasteiger partial charge in [-0.15, -0.1) is 0 Å². The summed E-state index contributed by atoms with van der Waals surface area (Å²) >= 11 is 12.0. The Labute approximate surface area is 121 Å². The number of amides is 1. The Hall–Kier alpha value is -1.26. The number of nitrogens with one attached hydrogen (secondary N) is 1. The van der Waals surface area contributed by atoms with E-state index < -0.39 is 0 Å². The quantitative estimate of drug-likeness (QED) is 0.755. The van der Waals surface area contributed by atoms with E-state index in [1.807, 2.05) is 19.2 Å². The smallest absolute Gasteiger partial charge is 0.252 e. The third kappa shape index (κ3) is 1.99. The van der Waals surface area contributed by atoms with E-state index in [1.165, 1.54) is 0 Å². The molecule has 1 aliphatic carbocycles. The summed E-state index contributed by atoms with van der Waals surface area (Å²) in [7, 11) is 1.76. The molecule has 1 amide bonds. The monoisotopic (exact) mass is 297 g/mol. The number of nitrogens with zero attached hydrogens (tertiary/aromatic N) is 2. The Morgan fingerprint density at radius 3 is 2.95 bits per heavy atom. The van der Waals surface area contributed by atoms with Gasteiger partial charge in [-0.05, 0) is 18.9 Å². The zero-order chi connectivity index (χ0) is 13.8. The number of hydrogen-bond acceptors (Lipinski definition) is 3. The van der Waals surface area contributed by atoms with Crippen molar-refractivity contribution in [3.8, 4) is 0 Å². The molecule has 2 heterocycles. The van der Waals surface area contributed by atoms with Crippen LogP contribution in [0.4, 0.5) is 0 Å². The maximum Gasteiger partial charge on any atom is 0.252 e. The SMILES string of the molecule is CC1=C[C@@]2([C@@H]3N=C(Cl)C=C(Cl)N3)CC2=CN(C)C1=O. The number of aliphatic imine (C=N–C) groups is 1. The standard InChI is InChI=1S/C13H13Cl2N3O/c1-7-4-13(5-8(13)6-18(2)11(7)19)12-16-9(14)3-10(15)17-12/h3-4,6,12,16H,5H2,1-2H3/t12-,13+/m0/s1. The maximum absolute atomic E-state index is 12.0. The molecule has 0 unspecified atom stereocenters. The summed E-state index contributed by atoms with van der Waals surface area (Å²) in [5.41, 5.74) is 1.60. The summed E-state index contributed by atoms with van der Waals surface area (Å²) in [6.07, 6.45) is 6.04. The fourth-order valence-corrected chi connectivity index (χ4v) is 3.13. The minimum absolute atomic E-state index is 0.00611. The summed E-state index contributed by atoms with van der Waals surface area (Å²) in [5, 5.41) is 3.97. The first kappa shape index (κ1) is 12.8. The van der Waals surface area contributed by atoms with Crippen LogP contribution < -0.4 is 5.32 Å². The van der Waals surface area contributed by atoms with Crippen LogP contribution in [0.3, 0.4) is 0 Å². The molecule has 0 radical (unpaired) electrons. The van der Waals surface area contributed by atoms with E-state index in [4.69, 9.17) is 23.2 Å². The molecule has 6 heteroatoms. The molecule has 2 atom stereocenters. The van der Waals surface area contributed by atoms with E-state index in [2.05, 4.69) is 10.3 Å². The van der Waals surface area contributed by atoms with E-state index in [9.17, 15) is 4.79 Å². The molecule has 0 aromatic rings. The molecule has 3 rings (SSSR count). The third-order valence-corrected chi connectivity index (χ3v) is 4.12. The van der Waals surface area contributed by atoms with Gasteiger partial charge in [0.05, 0.1) is 5.41 Å². The number of fused-ring (bicyclic) bond motifs is 1. The molecule has 100 valence electrons. The fourth-order valence-electron chi connectivity index (χ4n) is 2.66. The number of rotatable bonds is 1. The van der Waals surface area contributed by atoms with Gasteiger partial charge in [0.15, 0.2) is 0 Å². The Bertz CT molecular complexity index is 591. The van der Waals surface area contributed by atoms with E-state index in [1.54, 1.807) is 18.0 Å². The number of hydrogen-bond donors (Lipinski definition) is 1. The molecular formula is C13H13Cl2N3O. The average Bonchev–Trinajstić information content (AvgIpc) is 3.01. The Morgan fingerprint density at radius 2 is 2.26 bits per heavy atom. The molecule has 0 bridgehead atoms. The molecule has 1 N–H and O–H groups in total. The zero-order valence-electron chi connectivity index (χ0n) is 10.6. The second kappa shape index (κ2) is 4.12. The summed E-state index contributed by atoms with van der Waals surface area (Å²) < 4.78 is 0. The van der Waals surface area contributed by atoms with Crippen molar-refractivity contribution in [2.45, 2.75) is 19.5 Å². The predicted molar refractivity (Wildman–Crippen MR) is 75.8 cm³/mol. The molecule has 4 nitrogen and oxygen atoms in total. The molecule has 0 saturated heterocycles. The van der Waals surface area contributed by atoms with Gasteiger partial charge in [-0.3, -0.25) is 4.79 Å². The van der Waals surface area contributed by atoms with Gasteiger partial charge in [0, 0.05) is 24.9 Å². The van der Waals surface area contributed by atoms with Crippen LogP contribution in [-0.2, 0) is 4.79 Å². The second-order valence-electron chi connectivity index (χ2n) is 5.11. The van der Waals surface area contributed by atoms with Crippen LogP contribution in [-0.4, -0.2) is 29.2 Å². The second-order valence-corrected chi connectivity index (χ2v) is 5.90. The molecule has 2 aliphatic heterocycles. The fraction of sp³-hybridized carbons (Fsp3) is 0.385. The molecule has 3 aliphatic rings. The highest BCUT2D eigenvalue weighted by Crippen LogP contribution is 2.58. The lowest BCUT2D eigenvalue weighted by atomic mass is 9.98. The normalized spacial score (nSPS) is 33.4. The highest BCUT2D eigenvalue weighted by atomic mass is 35.5. The summed E-state index contributed by atoms with van der Waals surface area (Å²) in [5.74, 6) is 0.00611. The molecule has 0 spiro atoms. The van der Waals surface area contributed by atoms with E-state index in [0.29, 0.717) is 15.9 Å². The lowest BCUT2D eigenvalue weighted by Crippen LogP contribution is -2.36. The van der Waals surface area contributed by atoms with Crippen LogP contribution in [0.25, 0.3) is 0 Å². The molecule has 19 heavy (non-hydrogen) atoms. The van der Waals surface area contributed by atoms with Crippen molar-refractivity contribution in [1.29, 1.82) is 0 Å². The van der Waals surface area contributed by atoms with Gasteiger partial charge in [-0.2, -0.15) is 0 Å². The minimum Gasteiger partial charge on any atom is -0.353 e. The van der Waals surface area contributed by atoms with Crippen molar-refractivity contribution < 1.29 is 4.79 Å². The average molecular weight is 298 g/mol. The van der Waals surface area contributed by atoms with Gasteiger partial charge >= 0.3 is 0 Å². The van der Waals surface area contributed by atoms with Gasteiger partial charge in [0.1, 0.15) is 16.5 Å². The van der Waals surface area contributed by atoms with Gasteiger partial charge in [-0.1, -0.05) is 29.3 Å². The van der Waals surface area contributed by atoms with Crippen LogP contribution in [0, 0.1) is 5.41 Å². The van der Waals surface area contributed by atoms with Crippen molar-refractivity contribution in [2.24, 2.45) is 10.4 Å². The number of allylic oxidation sites excluding steroid dienone is 1. The van der Waals surface area contributed by atoms with Crippen molar-refractivity contribution in [3.63, 3.8) is 0 Å². The summed E-state index contributed by atoms with van der Waals surface area (Å²) in [4.78, 5) is 18.0. The van der Waals surface area contributed by atoms with Crippen LogP contribution >= 0.6 is 23.2 Å². The van der Waals surface area contributed by atoms with Crippen molar-refractivity contribution in [2.75, 3.05) is 7.05 Å². The maximum atomic E-state index is 12.0. The van der Waals surface area contributed by atoms with E-state index in [0.717, 1.165) is 12.0 Å². The highest BCUT2D eigenvalue weighted by Gasteiger charge is 2.55. The van der Waals surface area contributed by atoms with E-state index >= 15 is 0 Å². The van der Waals surface area contributed by atoms with Crippen LogP contribution in [0.5, 0.6) is 0 Å². The van der Waals surface area contributed by atoms with Crippen LogP contribution in [0.2, 0.25) is 0 Å². The van der Waals surface area contributed by atoms with Crippen molar-refractivity contribution in [3.05, 3.63) is 34.7 Å². The van der Waals surface area contributed by atoms with Crippen molar-refractivity contribution in [1.82, 2.24) is 10.2 Å². The van der Waals surface area contributed by atoms with E-state index in [-0.39, 0.29) is 17.5 Å². The number of carbonyl (C=O) groups is 1.